The van der Waals surface area contributed by atoms with Crippen molar-refractivity contribution in [2.45, 2.75) is 31.8 Å². The summed E-state index contributed by atoms with van der Waals surface area (Å²) in [6.45, 7) is 0. The van der Waals surface area contributed by atoms with Crippen molar-refractivity contribution in [2.24, 2.45) is 5.92 Å². The van der Waals surface area contributed by atoms with Gasteiger partial charge in [-0.15, -0.1) is 0 Å². The third-order valence-electron chi connectivity index (χ3n) is 4.21. The number of halogens is 1. The van der Waals surface area contributed by atoms with Gasteiger partial charge in [0.05, 0.1) is 11.1 Å². The summed E-state index contributed by atoms with van der Waals surface area (Å²) >= 11 is 6.11. The van der Waals surface area contributed by atoms with E-state index in [2.05, 4.69) is 29.2 Å². The number of pyridine rings is 1. The number of nitrogens with zero attached hydrogens (tertiary/aromatic N) is 1. The minimum Gasteiger partial charge on any atom is -0.392 e. The van der Waals surface area contributed by atoms with E-state index in [1.54, 1.807) is 12.4 Å². The smallest absolute Gasteiger partial charge is 0.0622 e. The minimum absolute atomic E-state index is 0.314. The second-order valence-corrected chi connectivity index (χ2v) is 5.92. The Labute approximate surface area is 124 Å². The highest BCUT2D eigenvalue weighted by Crippen LogP contribution is 2.29. The molecule has 2 nitrogen and oxygen atoms in total. The molecule has 0 bridgehead atoms. The first-order valence-electron chi connectivity index (χ1n) is 7.07. The van der Waals surface area contributed by atoms with Crippen molar-refractivity contribution < 1.29 is 5.11 Å². The van der Waals surface area contributed by atoms with Gasteiger partial charge in [0, 0.05) is 18.8 Å². The summed E-state index contributed by atoms with van der Waals surface area (Å²) in [6, 6.07) is 10.4. The van der Waals surface area contributed by atoms with Gasteiger partial charge in [0.1, 0.15) is 0 Å². The number of benzene rings is 1. The van der Waals surface area contributed by atoms with Gasteiger partial charge in [0.2, 0.25) is 0 Å². The Morgan fingerprint density at radius 2 is 2.05 bits per heavy atom. The lowest BCUT2D eigenvalue weighted by Crippen LogP contribution is -2.28. The molecule has 0 spiro atoms. The molecule has 20 heavy (non-hydrogen) atoms. The van der Waals surface area contributed by atoms with E-state index in [-0.39, 0.29) is 6.10 Å². The maximum absolute atomic E-state index is 10.5. The summed E-state index contributed by atoms with van der Waals surface area (Å²) in [5.74, 6) is 0.314. The largest absolute Gasteiger partial charge is 0.392 e. The van der Waals surface area contributed by atoms with Crippen molar-refractivity contribution >= 4 is 11.6 Å². The van der Waals surface area contributed by atoms with Gasteiger partial charge in [-0.1, -0.05) is 35.9 Å². The van der Waals surface area contributed by atoms with Crippen LogP contribution in [0.2, 0.25) is 5.02 Å². The van der Waals surface area contributed by atoms with Crippen LogP contribution in [0.15, 0.2) is 42.7 Å². The lowest BCUT2D eigenvalue weighted by Gasteiger charge is -2.28. The molecule has 1 N–H and O–H groups in total. The Kier molecular flexibility index (Phi) is 4.04. The second-order valence-electron chi connectivity index (χ2n) is 5.51. The summed E-state index contributed by atoms with van der Waals surface area (Å²) in [5, 5.41) is 11.1. The van der Waals surface area contributed by atoms with Crippen LogP contribution in [-0.4, -0.2) is 16.2 Å². The zero-order valence-corrected chi connectivity index (χ0v) is 12.1. The number of hydrogen-bond donors (Lipinski definition) is 1. The molecule has 1 aliphatic rings. The van der Waals surface area contributed by atoms with Crippen LogP contribution in [0.3, 0.4) is 0 Å². The molecule has 2 atom stereocenters. The molecule has 0 radical (unpaired) electrons. The first-order valence-corrected chi connectivity index (χ1v) is 7.45. The molecule has 1 heterocycles. The van der Waals surface area contributed by atoms with Crippen LogP contribution >= 0.6 is 11.6 Å². The van der Waals surface area contributed by atoms with Gasteiger partial charge in [-0.3, -0.25) is 4.98 Å². The molecule has 1 aromatic heterocycles. The number of aryl methyl sites for hydroxylation is 1. The third-order valence-corrected chi connectivity index (χ3v) is 4.55. The molecule has 2 aromatic rings. The molecule has 1 aromatic carbocycles. The highest BCUT2D eigenvalue weighted by Gasteiger charge is 2.25. The standard InChI is InChI=1S/C17H18ClNO/c18-16-11-19-8-7-14(16)10-17(20)15-6-5-12-3-1-2-4-13(12)9-15/h1-4,7-8,11,15,17,20H,5-6,9-10H2. The summed E-state index contributed by atoms with van der Waals surface area (Å²) in [6.07, 6.45) is 6.68. The van der Waals surface area contributed by atoms with Crippen molar-refractivity contribution in [3.8, 4) is 0 Å². The van der Waals surface area contributed by atoms with Gasteiger partial charge in [-0.25, -0.2) is 0 Å². The summed E-state index contributed by atoms with van der Waals surface area (Å²) in [7, 11) is 0. The monoisotopic (exact) mass is 287 g/mol. The summed E-state index contributed by atoms with van der Waals surface area (Å²) < 4.78 is 0. The van der Waals surface area contributed by atoms with E-state index in [1.807, 2.05) is 6.07 Å². The van der Waals surface area contributed by atoms with Crippen LogP contribution in [0.4, 0.5) is 0 Å². The van der Waals surface area contributed by atoms with Gasteiger partial charge < -0.3 is 5.11 Å². The summed E-state index contributed by atoms with van der Waals surface area (Å²) in [4.78, 5) is 3.98. The van der Waals surface area contributed by atoms with Gasteiger partial charge in [-0.2, -0.15) is 0 Å². The highest BCUT2D eigenvalue weighted by molar-refractivity contribution is 6.31. The lowest BCUT2D eigenvalue weighted by atomic mass is 9.79. The molecular formula is C17H18ClNO. The van der Waals surface area contributed by atoms with Crippen LogP contribution in [0.1, 0.15) is 23.1 Å². The van der Waals surface area contributed by atoms with E-state index in [4.69, 9.17) is 11.6 Å². The van der Waals surface area contributed by atoms with Crippen molar-refractivity contribution in [2.75, 3.05) is 0 Å². The molecule has 1 aliphatic carbocycles. The van der Waals surface area contributed by atoms with Gasteiger partial charge in [0.25, 0.3) is 0 Å². The molecule has 2 unspecified atom stereocenters. The number of fused-ring (bicyclic) bond motifs is 1. The van der Waals surface area contributed by atoms with Crippen molar-refractivity contribution in [1.29, 1.82) is 0 Å². The Bertz CT molecular complexity index is 599. The molecule has 3 rings (SSSR count). The molecule has 0 aliphatic heterocycles. The van der Waals surface area contributed by atoms with Crippen LogP contribution in [0.25, 0.3) is 0 Å². The van der Waals surface area contributed by atoms with E-state index < -0.39 is 0 Å². The number of hydrogen-bond acceptors (Lipinski definition) is 2. The minimum atomic E-state index is -0.344. The predicted molar refractivity (Wildman–Crippen MR) is 80.9 cm³/mol. The fourth-order valence-corrected chi connectivity index (χ4v) is 3.21. The fourth-order valence-electron chi connectivity index (χ4n) is 3.02. The Morgan fingerprint density at radius 1 is 1.25 bits per heavy atom. The number of aliphatic hydroxyl groups excluding tert-OH is 1. The van der Waals surface area contributed by atoms with Crippen molar-refractivity contribution in [3.63, 3.8) is 0 Å². The second kappa shape index (κ2) is 5.94. The Balaban J connectivity index is 1.70. The van der Waals surface area contributed by atoms with Gasteiger partial charge in [-0.05, 0) is 47.9 Å². The number of aromatic nitrogens is 1. The van der Waals surface area contributed by atoms with E-state index in [1.165, 1.54) is 11.1 Å². The van der Waals surface area contributed by atoms with Crippen LogP contribution in [0.5, 0.6) is 0 Å². The topological polar surface area (TPSA) is 33.1 Å². The quantitative estimate of drug-likeness (QED) is 0.938. The maximum Gasteiger partial charge on any atom is 0.0622 e. The maximum atomic E-state index is 10.5. The molecule has 0 amide bonds. The molecule has 104 valence electrons. The number of aliphatic hydroxyl groups is 1. The normalized spacial score (nSPS) is 19.4. The molecular weight excluding hydrogens is 270 g/mol. The Morgan fingerprint density at radius 3 is 2.85 bits per heavy atom. The van der Waals surface area contributed by atoms with E-state index in [0.717, 1.165) is 24.8 Å². The third kappa shape index (κ3) is 2.87. The molecule has 0 saturated heterocycles. The van der Waals surface area contributed by atoms with E-state index in [0.29, 0.717) is 17.4 Å². The number of rotatable bonds is 3. The van der Waals surface area contributed by atoms with Crippen LogP contribution in [-0.2, 0) is 19.3 Å². The van der Waals surface area contributed by atoms with E-state index >= 15 is 0 Å². The zero-order chi connectivity index (χ0) is 13.9. The predicted octanol–water partition coefficient (Wildman–Crippen LogP) is 3.44. The molecule has 0 fully saturated rings. The highest BCUT2D eigenvalue weighted by atomic mass is 35.5. The fraction of sp³-hybridized carbons (Fsp3) is 0.353. The van der Waals surface area contributed by atoms with Gasteiger partial charge >= 0.3 is 0 Å². The lowest BCUT2D eigenvalue weighted by molar-refractivity contribution is 0.0993. The first kappa shape index (κ1) is 13.6. The average Bonchev–Trinajstić information content (AvgIpc) is 2.49. The Hall–Kier alpha value is -1.38. The van der Waals surface area contributed by atoms with Crippen molar-refractivity contribution in [1.82, 2.24) is 4.98 Å². The zero-order valence-electron chi connectivity index (χ0n) is 11.3. The van der Waals surface area contributed by atoms with Crippen LogP contribution in [0, 0.1) is 5.92 Å². The molecule has 0 saturated carbocycles. The first-order chi connectivity index (χ1) is 9.74. The van der Waals surface area contributed by atoms with Crippen molar-refractivity contribution in [3.05, 3.63) is 64.4 Å². The average molecular weight is 288 g/mol. The summed E-state index contributed by atoms with van der Waals surface area (Å²) in [5.41, 5.74) is 3.79. The SMILES string of the molecule is OC(Cc1ccncc1Cl)C1CCc2ccccc2C1. The molecule has 3 heteroatoms. The van der Waals surface area contributed by atoms with Crippen LogP contribution < -0.4 is 0 Å². The van der Waals surface area contributed by atoms with Gasteiger partial charge in [0.15, 0.2) is 0 Å². The van der Waals surface area contributed by atoms with E-state index in [9.17, 15) is 5.11 Å².